The molecule has 2 aromatic rings. The number of amides is 2. The van der Waals surface area contributed by atoms with Gasteiger partial charge in [0.15, 0.2) is 0 Å². The molecule has 2 N–H and O–H groups in total. The van der Waals surface area contributed by atoms with Crippen LogP contribution >= 0.6 is 0 Å². The van der Waals surface area contributed by atoms with E-state index < -0.39 is 0 Å². The van der Waals surface area contributed by atoms with E-state index in [9.17, 15) is 9.59 Å². The van der Waals surface area contributed by atoms with Crippen molar-refractivity contribution in [3.05, 3.63) is 65.2 Å². The van der Waals surface area contributed by atoms with Crippen LogP contribution in [0.3, 0.4) is 0 Å². The molecule has 1 fully saturated rings. The Bertz CT molecular complexity index is 758. The van der Waals surface area contributed by atoms with Crippen LogP contribution in [-0.4, -0.2) is 36.3 Å². The molecule has 26 heavy (non-hydrogen) atoms. The number of benzene rings is 2. The topological polar surface area (TPSA) is 61.4 Å². The van der Waals surface area contributed by atoms with Gasteiger partial charge < -0.3 is 10.6 Å². The predicted molar refractivity (Wildman–Crippen MR) is 103 cm³/mol. The van der Waals surface area contributed by atoms with Crippen LogP contribution in [0.1, 0.15) is 34.3 Å². The molecule has 0 radical (unpaired) electrons. The third-order valence-corrected chi connectivity index (χ3v) is 4.71. The van der Waals surface area contributed by atoms with Crippen LogP contribution in [0.25, 0.3) is 0 Å². The monoisotopic (exact) mass is 351 g/mol. The second kappa shape index (κ2) is 8.63. The molecular formula is C21H25N3O2. The number of carbonyl (C=O) groups is 2. The van der Waals surface area contributed by atoms with Crippen LogP contribution < -0.4 is 10.6 Å². The first-order chi connectivity index (χ1) is 12.6. The van der Waals surface area contributed by atoms with Crippen molar-refractivity contribution >= 4 is 18.0 Å². The summed E-state index contributed by atoms with van der Waals surface area (Å²) in [6.45, 7) is 4.70. The highest BCUT2D eigenvalue weighted by Crippen LogP contribution is 2.17. The van der Waals surface area contributed by atoms with Crippen molar-refractivity contribution in [1.29, 1.82) is 0 Å². The van der Waals surface area contributed by atoms with Gasteiger partial charge in [0, 0.05) is 30.4 Å². The van der Waals surface area contributed by atoms with Crippen molar-refractivity contribution in [1.82, 2.24) is 10.2 Å². The van der Waals surface area contributed by atoms with E-state index in [2.05, 4.69) is 21.6 Å². The van der Waals surface area contributed by atoms with E-state index in [0.29, 0.717) is 5.56 Å². The summed E-state index contributed by atoms with van der Waals surface area (Å²) < 4.78 is 0. The molecule has 5 nitrogen and oxygen atoms in total. The Morgan fingerprint density at radius 2 is 2.04 bits per heavy atom. The van der Waals surface area contributed by atoms with Crippen LogP contribution in [0.5, 0.6) is 0 Å². The van der Waals surface area contributed by atoms with Gasteiger partial charge in [-0.2, -0.15) is 0 Å². The molecule has 1 saturated heterocycles. The van der Waals surface area contributed by atoms with Crippen molar-refractivity contribution < 1.29 is 9.59 Å². The zero-order valence-corrected chi connectivity index (χ0v) is 15.1. The van der Waals surface area contributed by atoms with Gasteiger partial charge in [0.05, 0.1) is 0 Å². The fourth-order valence-corrected chi connectivity index (χ4v) is 3.35. The van der Waals surface area contributed by atoms with E-state index in [1.54, 1.807) is 0 Å². The first-order valence-electron chi connectivity index (χ1n) is 9.03. The summed E-state index contributed by atoms with van der Waals surface area (Å²) in [5.41, 5.74) is 3.73. The first kappa shape index (κ1) is 18.1. The van der Waals surface area contributed by atoms with Crippen molar-refractivity contribution in [3.8, 4) is 0 Å². The maximum atomic E-state index is 12.4. The molecule has 0 bridgehead atoms. The molecule has 2 amide bonds. The second-order valence-electron chi connectivity index (χ2n) is 6.88. The Hall–Kier alpha value is -2.66. The SMILES string of the molecule is Cc1ccc(C(=O)Nc2cccc(CN3CCCC(NC=O)C3)c2)cc1. The van der Waals surface area contributed by atoms with Crippen LogP contribution in [0.4, 0.5) is 5.69 Å². The quantitative estimate of drug-likeness (QED) is 0.787. The summed E-state index contributed by atoms with van der Waals surface area (Å²) >= 11 is 0. The zero-order valence-electron chi connectivity index (χ0n) is 15.1. The van der Waals surface area contributed by atoms with Crippen LogP contribution in [-0.2, 0) is 11.3 Å². The highest BCUT2D eigenvalue weighted by molar-refractivity contribution is 6.04. The molecule has 1 aliphatic heterocycles. The number of carbonyl (C=O) groups excluding carboxylic acids is 2. The largest absolute Gasteiger partial charge is 0.355 e. The van der Waals surface area contributed by atoms with Gasteiger partial charge in [-0.25, -0.2) is 0 Å². The van der Waals surface area contributed by atoms with Crippen LogP contribution in [0.2, 0.25) is 0 Å². The number of nitrogens with one attached hydrogen (secondary N) is 2. The summed E-state index contributed by atoms with van der Waals surface area (Å²) in [4.78, 5) is 25.4. The molecule has 1 unspecified atom stereocenters. The van der Waals surface area contributed by atoms with Crippen molar-refractivity contribution in [2.75, 3.05) is 18.4 Å². The lowest BCUT2D eigenvalue weighted by molar-refractivity contribution is -0.110. The number of likely N-dealkylation sites (tertiary alicyclic amines) is 1. The van der Waals surface area contributed by atoms with Gasteiger partial charge in [-0.1, -0.05) is 29.8 Å². The fraction of sp³-hybridized carbons (Fsp3) is 0.333. The van der Waals surface area contributed by atoms with Crippen LogP contribution in [0.15, 0.2) is 48.5 Å². The minimum absolute atomic E-state index is 0.102. The van der Waals surface area contributed by atoms with Crippen LogP contribution in [0, 0.1) is 6.92 Å². The Labute approximate surface area is 154 Å². The maximum absolute atomic E-state index is 12.4. The summed E-state index contributed by atoms with van der Waals surface area (Å²) in [6.07, 6.45) is 2.90. The van der Waals surface area contributed by atoms with Gasteiger partial charge in [-0.15, -0.1) is 0 Å². The lowest BCUT2D eigenvalue weighted by atomic mass is 10.0. The summed E-state index contributed by atoms with van der Waals surface area (Å²) in [5, 5.41) is 5.85. The van der Waals surface area contributed by atoms with Gasteiger partial charge in [0.1, 0.15) is 0 Å². The summed E-state index contributed by atoms with van der Waals surface area (Å²) in [7, 11) is 0. The molecule has 3 rings (SSSR count). The minimum Gasteiger partial charge on any atom is -0.355 e. The minimum atomic E-state index is -0.102. The molecular weight excluding hydrogens is 326 g/mol. The third kappa shape index (κ3) is 4.92. The number of rotatable bonds is 6. The number of aryl methyl sites for hydroxylation is 1. The molecule has 0 spiro atoms. The van der Waals surface area contributed by atoms with E-state index >= 15 is 0 Å². The predicted octanol–water partition coefficient (Wildman–Crippen LogP) is 2.96. The lowest BCUT2D eigenvalue weighted by Crippen LogP contribution is -2.44. The second-order valence-corrected chi connectivity index (χ2v) is 6.88. The van der Waals surface area contributed by atoms with Gasteiger partial charge in [0.2, 0.25) is 6.41 Å². The first-order valence-corrected chi connectivity index (χ1v) is 9.03. The number of nitrogens with zero attached hydrogens (tertiary/aromatic N) is 1. The smallest absolute Gasteiger partial charge is 0.255 e. The van der Waals surface area contributed by atoms with E-state index in [0.717, 1.165) is 55.7 Å². The molecule has 1 aliphatic rings. The molecule has 5 heteroatoms. The molecule has 2 aromatic carbocycles. The summed E-state index contributed by atoms with van der Waals surface area (Å²) in [5.74, 6) is -0.102. The average Bonchev–Trinajstić information content (AvgIpc) is 2.63. The van der Waals surface area contributed by atoms with Crippen molar-refractivity contribution in [2.24, 2.45) is 0 Å². The van der Waals surface area contributed by atoms with Crippen molar-refractivity contribution in [2.45, 2.75) is 32.4 Å². The van der Waals surface area contributed by atoms with E-state index in [-0.39, 0.29) is 11.9 Å². The highest BCUT2D eigenvalue weighted by Gasteiger charge is 2.19. The van der Waals surface area contributed by atoms with E-state index in [1.807, 2.05) is 49.4 Å². The molecule has 1 atom stereocenters. The molecule has 1 heterocycles. The molecule has 0 aromatic heterocycles. The Morgan fingerprint density at radius 1 is 1.23 bits per heavy atom. The van der Waals surface area contributed by atoms with Crippen molar-refractivity contribution in [3.63, 3.8) is 0 Å². The standard InChI is InChI=1S/C21H25N3O2/c1-16-7-9-18(10-8-16)21(26)23-19-5-2-4-17(12-19)13-24-11-3-6-20(14-24)22-15-25/h2,4-5,7-10,12,15,20H,3,6,11,13-14H2,1H3,(H,22,25)(H,23,26). The van der Waals surface area contributed by atoms with E-state index in [1.165, 1.54) is 0 Å². The Morgan fingerprint density at radius 3 is 2.81 bits per heavy atom. The zero-order chi connectivity index (χ0) is 18.4. The van der Waals surface area contributed by atoms with Gasteiger partial charge in [-0.05, 0) is 56.1 Å². The average molecular weight is 351 g/mol. The highest BCUT2D eigenvalue weighted by atomic mass is 16.1. The fourth-order valence-electron chi connectivity index (χ4n) is 3.35. The normalized spacial score (nSPS) is 17.5. The molecule has 0 saturated carbocycles. The number of hydrogen-bond acceptors (Lipinski definition) is 3. The summed E-state index contributed by atoms with van der Waals surface area (Å²) in [6, 6.07) is 15.7. The van der Waals surface area contributed by atoms with Gasteiger partial charge in [0.25, 0.3) is 5.91 Å². The number of piperidine rings is 1. The lowest BCUT2D eigenvalue weighted by Gasteiger charge is -2.32. The Kier molecular flexibility index (Phi) is 6.02. The number of hydrogen-bond donors (Lipinski definition) is 2. The molecule has 0 aliphatic carbocycles. The van der Waals surface area contributed by atoms with E-state index in [4.69, 9.17) is 0 Å². The third-order valence-electron chi connectivity index (χ3n) is 4.71. The van der Waals surface area contributed by atoms with Gasteiger partial charge in [-0.3, -0.25) is 14.5 Å². The van der Waals surface area contributed by atoms with Gasteiger partial charge >= 0.3 is 0 Å². The maximum Gasteiger partial charge on any atom is 0.255 e. The Balaban J connectivity index is 1.61. The number of anilines is 1. The molecule has 136 valence electrons.